The largest absolute Gasteiger partial charge is 0.383 e. The topological polar surface area (TPSA) is 136 Å². The summed E-state index contributed by atoms with van der Waals surface area (Å²) in [4.78, 5) is 39.6. The zero-order valence-electron chi connectivity index (χ0n) is 17.7. The van der Waals surface area contributed by atoms with Crippen LogP contribution in [-0.4, -0.2) is 34.7 Å². The SMILES string of the molecule is COCCn1c(N)c(N(CCc2ccc([N+](=O)[O-])cc2)Cc2ccccc2)c(=O)[nH]c1=O. The molecule has 0 fully saturated rings. The van der Waals surface area contributed by atoms with Crippen molar-refractivity contribution in [3.8, 4) is 0 Å². The highest BCUT2D eigenvalue weighted by molar-refractivity contribution is 5.62. The Hall–Kier alpha value is -3.92. The van der Waals surface area contributed by atoms with Gasteiger partial charge in [-0.25, -0.2) is 4.79 Å². The average molecular weight is 439 g/mol. The molecule has 1 aromatic heterocycles. The highest BCUT2D eigenvalue weighted by atomic mass is 16.6. The Morgan fingerprint density at radius 3 is 2.41 bits per heavy atom. The van der Waals surface area contributed by atoms with E-state index in [2.05, 4.69) is 4.98 Å². The Morgan fingerprint density at radius 2 is 1.78 bits per heavy atom. The van der Waals surface area contributed by atoms with E-state index in [0.717, 1.165) is 11.1 Å². The molecule has 0 aliphatic carbocycles. The lowest BCUT2D eigenvalue weighted by atomic mass is 10.1. The zero-order valence-corrected chi connectivity index (χ0v) is 17.7. The van der Waals surface area contributed by atoms with E-state index in [1.54, 1.807) is 12.1 Å². The van der Waals surface area contributed by atoms with Crippen molar-refractivity contribution in [1.82, 2.24) is 9.55 Å². The van der Waals surface area contributed by atoms with Gasteiger partial charge >= 0.3 is 5.69 Å². The Balaban J connectivity index is 1.95. The molecule has 0 aliphatic rings. The van der Waals surface area contributed by atoms with Crippen LogP contribution in [0.2, 0.25) is 0 Å². The number of nitrogen functional groups attached to an aromatic ring is 1. The molecule has 0 atom stereocenters. The maximum Gasteiger partial charge on any atom is 0.330 e. The molecule has 3 N–H and O–H groups in total. The minimum Gasteiger partial charge on any atom is -0.383 e. The summed E-state index contributed by atoms with van der Waals surface area (Å²) in [6, 6.07) is 15.8. The van der Waals surface area contributed by atoms with E-state index in [4.69, 9.17) is 10.5 Å². The fourth-order valence-electron chi connectivity index (χ4n) is 3.41. The summed E-state index contributed by atoms with van der Waals surface area (Å²) >= 11 is 0. The van der Waals surface area contributed by atoms with Crippen molar-refractivity contribution in [3.63, 3.8) is 0 Å². The smallest absolute Gasteiger partial charge is 0.330 e. The number of nitro groups is 1. The van der Waals surface area contributed by atoms with Gasteiger partial charge in [0.1, 0.15) is 11.5 Å². The average Bonchev–Trinajstić information content (AvgIpc) is 2.78. The molecule has 0 radical (unpaired) electrons. The summed E-state index contributed by atoms with van der Waals surface area (Å²) in [6.45, 7) is 1.26. The third-order valence-electron chi connectivity index (χ3n) is 5.08. The normalized spacial score (nSPS) is 10.8. The van der Waals surface area contributed by atoms with Crippen molar-refractivity contribution in [2.45, 2.75) is 19.5 Å². The number of nitrogens with one attached hydrogen (secondary N) is 1. The van der Waals surface area contributed by atoms with E-state index in [9.17, 15) is 19.7 Å². The van der Waals surface area contributed by atoms with Crippen LogP contribution in [0.25, 0.3) is 0 Å². The summed E-state index contributed by atoms with van der Waals surface area (Å²) in [5.74, 6) is 0.0652. The molecule has 0 saturated heterocycles. The predicted molar refractivity (Wildman–Crippen MR) is 122 cm³/mol. The monoisotopic (exact) mass is 439 g/mol. The lowest BCUT2D eigenvalue weighted by Crippen LogP contribution is -2.39. The molecule has 0 aliphatic heterocycles. The van der Waals surface area contributed by atoms with Gasteiger partial charge in [-0.2, -0.15) is 0 Å². The van der Waals surface area contributed by atoms with Crippen LogP contribution >= 0.6 is 0 Å². The predicted octanol–water partition coefficient (Wildman–Crippen LogP) is 1.92. The first kappa shape index (κ1) is 22.8. The second-order valence-corrected chi connectivity index (χ2v) is 7.22. The lowest BCUT2D eigenvalue weighted by molar-refractivity contribution is -0.384. The maximum atomic E-state index is 12.8. The van der Waals surface area contributed by atoms with Gasteiger partial charge < -0.3 is 15.4 Å². The summed E-state index contributed by atoms with van der Waals surface area (Å²) in [6.07, 6.45) is 0.515. The van der Waals surface area contributed by atoms with Gasteiger partial charge in [0.15, 0.2) is 0 Å². The van der Waals surface area contributed by atoms with E-state index in [-0.39, 0.29) is 30.3 Å². The van der Waals surface area contributed by atoms with Crippen LogP contribution in [0, 0.1) is 10.1 Å². The van der Waals surface area contributed by atoms with Crippen LogP contribution in [0.4, 0.5) is 17.2 Å². The molecule has 0 bridgehead atoms. The Labute approximate surface area is 184 Å². The highest BCUT2D eigenvalue weighted by Gasteiger charge is 2.19. The third-order valence-corrected chi connectivity index (χ3v) is 5.08. The minimum atomic E-state index is -0.594. The van der Waals surface area contributed by atoms with E-state index >= 15 is 0 Å². The molecule has 10 nitrogen and oxygen atoms in total. The number of nitrogens with two attached hydrogens (primary N) is 1. The van der Waals surface area contributed by atoms with Crippen molar-refractivity contribution in [3.05, 3.63) is 96.7 Å². The number of anilines is 2. The molecule has 0 spiro atoms. The van der Waals surface area contributed by atoms with Gasteiger partial charge in [0.05, 0.1) is 18.1 Å². The number of nitrogens with zero attached hydrogens (tertiary/aromatic N) is 3. The second-order valence-electron chi connectivity index (χ2n) is 7.22. The first-order valence-electron chi connectivity index (χ1n) is 10.0. The van der Waals surface area contributed by atoms with Crippen molar-refractivity contribution < 1.29 is 9.66 Å². The zero-order chi connectivity index (χ0) is 23.1. The van der Waals surface area contributed by atoms with Gasteiger partial charge in [0, 0.05) is 32.3 Å². The van der Waals surface area contributed by atoms with Gasteiger partial charge in [-0.3, -0.25) is 24.5 Å². The summed E-state index contributed by atoms with van der Waals surface area (Å²) in [5, 5.41) is 10.9. The Kier molecular flexibility index (Phi) is 7.40. The number of ether oxygens (including phenoxy) is 1. The van der Waals surface area contributed by atoms with Gasteiger partial charge in [-0.1, -0.05) is 42.5 Å². The number of aromatic nitrogens is 2. The van der Waals surface area contributed by atoms with Crippen LogP contribution in [0.1, 0.15) is 11.1 Å². The first-order valence-corrected chi connectivity index (χ1v) is 10.0. The molecule has 1 heterocycles. The number of hydrogen-bond acceptors (Lipinski definition) is 7. The van der Waals surface area contributed by atoms with E-state index in [0.29, 0.717) is 19.5 Å². The van der Waals surface area contributed by atoms with Crippen LogP contribution in [0.3, 0.4) is 0 Å². The molecule has 2 aromatic carbocycles. The molecule has 0 amide bonds. The van der Waals surface area contributed by atoms with Crippen LogP contribution < -0.4 is 21.9 Å². The lowest BCUT2D eigenvalue weighted by Gasteiger charge is -2.26. The van der Waals surface area contributed by atoms with E-state index in [1.165, 1.54) is 23.8 Å². The maximum absolute atomic E-state index is 12.8. The van der Waals surface area contributed by atoms with Crippen molar-refractivity contribution in [2.24, 2.45) is 0 Å². The summed E-state index contributed by atoms with van der Waals surface area (Å²) in [7, 11) is 1.51. The Morgan fingerprint density at radius 1 is 1.09 bits per heavy atom. The molecular formula is C22H25N5O5. The molecular weight excluding hydrogens is 414 g/mol. The molecule has 3 rings (SSSR count). The van der Waals surface area contributed by atoms with Crippen molar-refractivity contribution >= 4 is 17.2 Å². The van der Waals surface area contributed by atoms with Crippen LogP contribution in [-0.2, 0) is 24.2 Å². The number of benzene rings is 2. The number of rotatable bonds is 10. The first-order chi connectivity index (χ1) is 15.4. The van der Waals surface area contributed by atoms with Crippen LogP contribution in [0.5, 0.6) is 0 Å². The molecule has 0 saturated carbocycles. The number of aromatic amines is 1. The number of H-pyrrole nitrogens is 1. The number of non-ortho nitro benzene ring substituents is 1. The van der Waals surface area contributed by atoms with E-state index < -0.39 is 16.2 Å². The fraction of sp³-hybridized carbons (Fsp3) is 0.273. The highest BCUT2D eigenvalue weighted by Crippen LogP contribution is 2.21. The van der Waals surface area contributed by atoms with Gasteiger partial charge in [-0.05, 0) is 17.5 Å². The number of methoxy groups -OCH3 is 1. The molecule has 0 unspecified atom stereocenters. The van der Waals surface area contributed by atoms with Gasteiger partial charge in [-0.15, -0.1) is 0 Å². The van der Waals surface area contributed by atoms with Gasteiger partial charge in [0.25, 0.3) is 11.2 Å². The molecule has 168 valence electrons. The molecule has 3 aromatic rings. The van der Waals surface area contributed by atoms with Gasteiger partial charge in [0.2, 0.25) is 0 Å². The standard InChI is InChI=1S/C22H25N5O5/c1-32-14-13-26-20(23)19(21(28)24-22(26)29)25(15-17-5-3-2-4-6-17)12-11-16-7-9-18(10-8-16)27(30)31/h2-10H,11-15,23H2,1H3,(H,24,28,29). The van der Waals surface area contributed by atoms with E-state index in [1.807, 2.05) is 35.2 Å². The minimum absolute atomic E-state index is 0.0146. The quantitative estimate of drug-likeness (QED) is 0.364. The molecule has 32 heavy (non-hydrogen) atoms. The van der Waals surface area contributed by atoms with Crippen LogP contribution in [0.15, 0.2) is 64.2 Å². The summed E-state index contributed by atoms with van der Waals surface area (Å²) < 4.78 is 6.33. The fourth-order valence-corrected chi connectivity index (χ4v) is 3.41. The Bertz CT molecular complexity index is 1170. The molecule has 10 heteroatoms. The second kappa shape index (κ2) is 10.4. The third kappa shape index (κ3) is 5.41. The van der Waals surface area contributed by atoms with Crippen molar-refractivity contribution in [1.29, 1.82) is 0 Å². The van der Waals surface area contributed by atoms with Crippen molar-refractivity contribution in [2.75, 3.05) is 30.9 Å². The summed E-state index contributed by atoms with van der Waals surface area (Å²) in [5.41, 5.74) is 7.16. The number of nitro benzene ring substituents is 1. The number of hydrogen-bond donors (Lipinski definition) is 2.